The normalized spacial score (nSPS) is 13.7. The number of ether oxygens (including phenoxy) is 1. The molecule has 6 nitrogen and oxygen atoms in total. The summed E-state index contributed by atoms with van der Waals surface area (Å²) in [6.45, 7) is 13.5. The van der Waals surface area contributed by atoms with Crippen molar-refractivity contribution in [2.24, 2.45) is 0 Å². The van der Waals surface area contributed by atoms with Gasteiger partial charge in [-0.05, 0) is 103 Å². The highest BCUT2D eigenvalue weighted by Crippen LogP contribution is 2.46. The summed E-state index contributed by atoms with van der Waals surface area (Å²) in [5, 5.41) is 8.71. The first-order valence-electron chi connectivity index (χ1n) is 27.4. The lowest BCUT2D eigenvalue weighted by atomic mass is 9.83. The Hall–Kier alpha value is -8.74. The molecule has 5 heterocycles. The molecule has 4 aromatic heterocycles. The number of benzene rings is 8. The molecule has 1 aliphatic rings. The Bertz CT molecular complexity index is 4530. The Balaban J connectivity index is 1.02. The van der Waals surface area contributed by atoms with Crippen molar-refractivity contribution >= 4 is 76.5 Å². The van der Waals surface area contributed by atoms with E-state index < -0.39 is 6.04 Å². The quantitative estimate of drug-likeness (QED) is 0.167. The zero-order valence-corrected chi connectivity index (χ0v) is 41.7. The lowest BCUT2D eigenvalue weighted by Crippen LogP contribution is -2.15. The van der Waals surface area contributed by atoms with E-state index in [1.165, 1.54) is 5.56 Å². The summed E-state index contributed by atoms with van der Waals surface area (Å²) in [4.78, 5) is 12.0. The molecular formula is C67H55N5O. The van der Waals surface area contributed by atoms with E-state index >= 15 is 0 Å². The van der Waals surface area contributed by atoms with Gasteiger partial charge in [-0.3, -0.25) is 9.55 Å². The number of hydrogen-bond acceptors (Lipinski definition) is 4. The van der Waals surface area contributed by atoms with Crippen molar-refractivity contribution in [3.8, 4) is 39.6 Å². The van der Waals surface area contributed by atoms with E-state index in [1.54, 1.807) is 6.20 Å². The van der Waals surface area contributed by atoms with Crippen LogP contribution >= 0.6 is 0 Å². The van der Waals surface area contributed by atoms with E-state index in [0.29, 0.717) is 23.7 Å². The Kier molecular flexibility index (Phi) is 9.05. The molecule has 0 bridgehead atoms. The average Bonchev–Trinajstić information content (AvgIpc) is 4.15. The van der Waals surface area contributed by atoms with Crippen molar-refractivity contribution in [1.82, 2.24) is 19.1 Å². The summed E-state index contributed by atoms with van der Waals surface area (Å²) in [6, 6.07) is 55.8. The van der Waals surface area contributed by atoms with E-state index in [2.05, 4.69) is 201 Å². The van der Waals surface area contributed by atoms with E-state index in [4.69, 9.17) is 21.6 Å². The smallest absolute Gasteiger partial charge is 0.147 e. The van der Waals surface area contributed by atoms with E-state index in [-0.39, 0.29) is 40.6 Å². The molecule has 12 aromatic rings. The number of aromatic nitrogens is 4. The van der Waals surface area contributed by atoms with Crippen molar-refractivity contribution in [2.45, 2.75) is 59.0 Å². The fourth-order valence-corrected chi connectivity index (χ4v) is 10.9. The maximum absolute atomic E-state index is 9.09. The molecule has 0 spiro atoms. The SMILES string of the molecule is [2H]c1c([2H])c([2H])c(-c2cc(-c3cccc4c5ccccc5c5ccccc5c5cccc6c5n(c34)CN6c3cncc(Oc4ccc5c6ccccc6n(-c6cc(C(C)(C)C)ccn6)c5c4)c3)cc(C(C)(C)C)c2)c([2H])c1[2H]. The number of anilines is 2. The van der Waals surface area contributed by atoms with E-state index in [0.717, 1.165) is 99.0 Å². The Labute approximate surface area is 432 Å². The second-order valence-electron chi connectivity index (χ2n) is 21.2. The highest BCUT2D eigenvalue weighted by molar-refractivity contribution is 6.22. The number of hydrogen-bond donors (Lipinski definition) is 0. The molecule has 0 saturated heterocycles. The van der Waals surface area contributed by atoms with Crippen molar-refractivity contribution in [3.63, 3.8) is 0 Å². The van der Waals surface area contributed by atoms with Gasteiger partial charge in [-0.25, -0.2) is 4.98 Å². The summed E-state index contributed by atoms with van der Waals surface area (Å²) in [5.41, 5.74) is 10.1. The monoisotopic (exact) mass is 950 g/mol. The molecule has 6 heteroatoms. The molecule has 0 fully saturated rings. The highest BCUT2D eigenvalue weighted by atomic mass is 16.5. The van der Waals surface area contributed by atoms with Crippen LogP contribution in [0.15, 0.2) is 213 Å². The van der Waals surface area contributed by atoms with Crippen LogP contribution in [0.3, 0.4) is 0 Å². The fraction of sp³-hybridized carbons (Fsp3) is 0.134. The molecule has 0 amide bonds. The first-order valence-corrected chi connectivity index (χ1v) is 24.9. The van der Waals surface area contributed by atoms with Crippen LogP contribution in [-0.2, 0) is 17.5 Å². The highest BCUT2D eigenvalue weighted by Gasteiger charge is 2.27. The third-order valence-electron chi connectivity index (χ3n) is 14.5. The minimum atomic E-state index is -0.418. The molecular weight excluding hydrogens is 891 g/mol. The van der Waals surface area contributed by atoms with Gasteiger partial charge in [0.05, 0.1) is 52.7 Å². The van der Waals surface area contributed by atoms with Gasteiger partial charge in [0, 0.05) is 45.4 Å². The number of fused-ring (bicyclic) bond motifs is 10. The fourth-order valence-electron chi connectivity index (χ4n) is 10.9. The van der Waals surface area contributed by atoms with Crippen LogP contribution in [0.4, 0.5) is 11.4 Å². The molecule has 0 aliphatic carbocycles. The third kappa shape index (κ3) is 7.56. The molecule has 0 atom stereocenters. The van der Waals surface area contributed by atoms with Gasteiger partial charge in [-0.2, -0.15) is 0 Å². The molecule has 13 rings (SSSR count). The third-order valence-corrected chi connectivity index (χ3v) is 14.5. The van der Waals surface area contributed by atoms with Crippen molar-refractivity contribution in [3.05, 3.63) is 224 Å². The molecule has 0 saturated carbocycles. The number of pyridine rings is 2. The topological polar surface area (TPSA) is 48.1 Å². The predicted molar refractivity (Wildman–Crippen MR) is 305 cm³/mol. The van der Waals surface area contributed by atoms with Crippen LogP contribution in [0.2, 0.25) is 0 Å². The summed E-state index contributed by atoms with van der Waals surface area (Å²) >= 11 is 0. The second-order valence-corrected chi connectivity index (χ2v) is 21.2. The van der Waals surface area contributed by atoms with Gasteiger partial charge in [-0.1, -0.05) is 181 Å². The van der Waals surface area contributed by atoms with Crippen LogP contribution in [0, 0.1) is 0 Å². The first kappa shape index (κ1) is 38.9. The molecule has 354 valence electrons. The molecule has 0 radical (unpaired) electrons. The van der Waals surface area contributed by atoms with E-state index in [1.807, 2.05) is 30.6 Å². The lowest BCUT2D eigenvalue weighted by molar-refractivity contribution is 0.481. The van der Waals surface area contributed by atoms with Gasteiger partial charge in [-0.15, -0.1) is 0 Å². The van der Waals surface area contributed by atoms with Crippen molar-refractivity contribution in [1.29, 1.82) is 0 Å². The molecule has 1 aliphatic heterocycles. The minimum absolute atomic E-state index is 0.0588. The zero-order valence-electron chi connectivity index (χ0n) is 46.7. The maximum Gasteiger partial charge on any atom is 0.147 e. The Morgan fingerprint density at radius 1 is 0.493 bits per heavy atom. The van der Waals surface area contributed by atoms with Crippen LogP contribution in [-0.4, -0.2) is 19.1 Å². The van der Waals surface area contributed by atoms with E-state index in [9.17, 15) is 0 Å². The van der Waals surface area contributed by atoms with Gasteiger partial charge in [0.15, 0.2) is 0 Å². The van der Waals surface area contributed by atoms with Crippen LogP contribution in [0.1, 0.15) is 59.5 Å². The Morgan fingerprint density at radius 3 is 1.85 bits per heavy atom. The van der Waals surface area contributed by atoms with Gasteiger partial charge in [0.25, 0.3) is 0 Å². The summed E-state index contributed by atoms with van der Waals surface area (Å²) in [5.74, 6) is 2.09. The molecule has 8 aromatic carbocycles. The number of rotatable bonds is 6. The molecule has 73 heavy (non-hydrogen) atoms. The average molecular weight is 951 g/mol. The van der Waals surface area contributed by atoms with Crippen LogP contribution in [0.5, 0.6) is 11.5 Å². The first-order chi connectivity index (χ1) is 37.5. The zero-order chi connectivity index (χ0) is 53.9. The second kappa shape index (κ2) is 17.0. The molecule has 0 N–H and O–H groups in total. The Morgan fingerprint density at radius 2 is 1.12 bits per heavy atom. The summed E-state index contributed by atoms with van der Waals surface area (Å²) in [7, 11) is 0. The van der Waals surface area contributed by atoms with Gasteiger partial charge >= 0.3 is 0 Å². The van der Waals surface area contributed by atoms with Crippen molar-refractivity contribution < 1.29 is 11.6 Å². The van der Waals surface area contributed by atoms with Gasteiger partial charge < -0.3 is 14.2 Å². The number of para-hydroxylation sites is 3. The summed E-state index contributed by atoms with van der Waals surface area (Å²) in [6.07, 6.45) is 5.55. The number of nitrogens with zero attached hydrogens (tertiary/aromatic N) is 5. The largest absolute Gasteiger partial charge is 0.456 e. The maximum atomic E-state index is 9.09. The minimum Gasteiger partial charge on any atom is -0.456 e. The van der Waals surface area contributed by atoms with Gasteiger partial charge in [0.2, 0.25) is 0 Å². The van der Waals surface area contributed by atoms with Crippen LogP contribution in [0.25, 0.3) is 93.2 Å². The summed E-state index contributed by atoms with van der Waals surface area (Å²) < 4.78 is 55.4. The van der Waals surface area contributed by atoms with Crippen LogP contribution < -0.4 is 9.64 Å². The van der Waals surface area contributed by atoms with Gasteiger partial charge in [0.1, 0.15) is 24.0 Å². The lowest BCUT2D eigenvalue weighted by Gasteiger charge is -2.23. The van der Waals surface area contributed by atoms with Crippen molar-refractivity contribution in [2.75, 3.05) is 4.90 Å². The predicted octanol–water partition coefficient (Wildman–Crippen LogP) is 17.9. The molecule has 0 unspecified atom stereocenters. The standard InChI is InChI=1S/C67H55N5O/c1-66(2,3)46-32-33-69-63(37-46)72-60-28-15-14-24-56(60)57-31-30-49(39-62(57)72)73-50-38-48(40-68-41-50)70-42-71-64-51(45-34-44(43-18-8-7-9-19-43)35-47(36-45)67(4,5)6)25-16-26-58(64)54-22-12-10-20-52(54)53-21-11-13-23-55(53)59-27-17-29-61(70)65(59)71/h7-41H,42H2,1-6H3/i7D,8D,9D,18D,19D.